The summed E-state index contributed by atoms with van der Waals surface area (Å²) in [6.07, 6.45) is -1.21. The van der Waals surface area contributed by atoms with E-state index in [4.69, 9.17) is 0 Å². The van der Waals surface area contributed by atoms with Gasteiger partial charge in [-0.05, 0) is 25.3 Å². The number of fused-ring (bicyclic) bond motifs is 1. The Kier molecular flexibility index (Phi) is 4.49. The minimum Gasteiger partial charge on any atom is -0.356 e. The van der Waals surface area contributed by atoms with Crippen molar-refractivity contribution in [3.05, 3.63) is 18.1 Å². The molecule has 7 heteroatoms. The van der Waals surface area contributed by atoms with Crippen LogP contribution in [0.4, 0.5) is 19.0 Å². The average Bonchev–Trinajstić information content (AvgIpc) is 2.47. The van der Waals surface area contributed by atoms with E-state index >= 15 is 0 Å². The molecule has 2 aliphatic heterocycles. The predicted octanol–water partition coefficient (Wildman–Crippen LogP) is 3.05. The molecule has 0 N–H and O–H groups in total. The van der Waals surface area contributed by atoms with E-state index in [1.807, 2.05) is 4.90 Å². The molecule has 0 aliphatic carbocycles. The van der Waals surface area contributed by atoms with Crippen molar-refractivity contribution in [1.29, 1.82) is 0 Å². The van der Waals surface area contributed by atoms with Crippen LogP contribution in [-0.4, -0.2) is 47.1 Å². The molecule has 0 amide bonds. The lowest BCUT2D eigenvalue weighted by Gasteiger charge is -2.54. The third-order valence-corrected chi connectivity index (χ3v) is 4.89. The summed E-state index contributed by atoms with van der Waals surface area (Å²) in [6.45, 7) is 8.18. The van der Waals surface area contributed by atoms with Crippen molar-refractivity contribution < 1.29 is 13.2 Å². The highest BCUT2D eigenvalue weighted by molar-refractivity contribution is 5.40. The van der Waals surface area contributed by atoms with Crippen molar-refractivity contribution in [3.63, 3.8) is 0 Å². The molecule has 2 saturated heterocycles. The van der Waals surface area contributed by atoms with E-state index in [1.54, 1.807) is 0 Å². The van der Waals surface area contributed by atoms with Crippen LogP contribution in [0.2, 0.25) is 0 Å². The smallest absolute Gasteiger partial charge is 0.356 e. The summed E-state index contributed by atoms with van der Waals surface area (Å²) >= 11 is 0. The Morgan fingerprint density at radius 3 is 2.70 bits per heavy atom. The van der Waals surface area contributed by atoms with Gasteiger partial charge in [0.1, 0.15) is 17.8 Å². The molecule has 4 nitrogen and oxygen atoms in total. The van der Waals surface area contributed by atoms with Gasteiger partial charge < -0.3 is 4.90 Å². The van der Waals surface area contributed by atoms with Crippen molar-refractivity contribution in [2.24, 2.45) is 11.8 Å². The van der Waals surface area contributed by atoms with E-state index in [2.05, 4.69) is 28.7 Å². The Morgan fingerprint density at radius 2 is 2.04 bits per heavy atom. The lowest BCUT2D eigenvalue weighted by atomic mass is 9.82. The lowest BCUT2D eigenvalue weighted by molar-refractivity contribution is -0.141. The second kappa shape index (κ2) is 6.26. The van der Waals surface area contributed by atoms with Crippen molar-refractivity contribution in [1.82, 2.24) is 14.9 Å². The number of alkyl halides is 3. The Bertz CT molecular complexity index is 546. The molecular weight excluding hydrogens is 305 g/mol. The lowest BCUT2D eigenvalue weighted by Crippen LogP contribution is -2.63. The molecule has 0 radical (unpaired) electrons. The van der Waals surface area contributed by atoms with Gasteiger partial charge in [0, 0.05) is 37.7 Å². The van der Waals surface area contributed by atoms with Gasteiger partial charge in [0.2, 0.25) is 0 Å². The Morgan fingerprint density at radius 1 is 1.26 bits per heavy atom. The number of hydrogen-bond acceptors (Lipinski definition) is 4. The monoisotopic (exact) mass is 328 g/mol. The molecule has 23 heavy (non-hydrogen) atoms. The van der Waals surface area contributed by atoms with Crippen LogP contribution in [0.25, 0.3) is 0 Å². The van der Waals surface area contributed by atoms with E-state index < -0.39 is 11.9 Å². The Balaban J connectivity index is 1.60. The zero-order chi connectivity index (χ0) is 16.6. The first-order valence-corrected chi connectivity index (χ1v) is 8.23. The Labute approximate surface area is 134 Å². The average molecular weight is 328 g/mol. The first-order valence-electron chi connectivity index (χ1n) is 8.23. The van der Waals surface area contributed by atoms with Crippen LogP contribution in [0.1, 0.15) is 32.4 Å². The maximum atomic E-state index is 12.8. The number of aromatic nitrogens is 2. The maximum absolute atomic E-state index is 12.8. The van der Waals surface area contributed by atoms with Crippen LogP contribution in [0.3, 0.4) is 0 Å². The predicted molar refractivity (Wildman–Crippen MR) is 82.2 cm³/mol. The normalized spacial score (nSPS) is 25.4. The third kappa shape index (κ3) is 3.59. The molecule has 0 saturated carbocycles. The SMILES string of the molecule is CC(C)CCN1C[C@H]2CN(c3cc(C(F)(F)F)ncn3)CC[C@@H]21. The fraction of sp³-hybridized carbons (Fsp3) is 0.750. The molecule has 2 aliphatic rings. The highest BCUT2D eigenvalue weighted by Crippen LogP contribution is 2.35. The van der Waals surface area contributed by atoms with E-state index in [0.717, 1.165) is 45.0 Å². The molecule has 1 aromatic heterocycles. The third-order valence-electron chi connectivity index (χ3n) is 4.89. The first-order chi connectivity index (χ1) is 10.8. The number of likely N-dealkylation sites (tertiary alicyclic amines) is 1. The zero-order valence-corrected chi connectivity index (χ0v) is 13.6. The quantitative estimate of drug-likeness (QED) is 0.850. The van der Waals surface area contributed by atoms with Crippen molar-refractivity contribution in [2.75, 3.05) is 31.1 Å². The highest BCUT2D eigenvalue weighted by Gasteiger charge is 2.42. The van der Waals surface area contributed by atoms with Gasteiger partial charge in [0.05, 0.1) is 0 Å². The van der Waals surface area contributed by atoms with E-state index in [0.29, 0.717) is 23.7 Å². The summed E-state index contributed by atoms with van der Waals surface area (Å²) in [5.74, 6) is 1.64. The maximum Gasteiger partial charge on any atom is 0.433 e. The van der Waals surface area contributed by atoms with Crippen LogP contribution in [0.5, 0.6) is 0 Å². The van der Waals surface area contributed by atoms with Gasteiger partial charge in [-0.25, -0.2) is 9.97 Å². The summed E-state index contributed by atoms with van der Waals surface area (Å²) in [4.78, 5) is 11.9. The molecule has 3 rings (SSSR count). The van der Waals surface area contributed by atoms with E-state index in [1.165, 1.54) is 6.42 Å². The minimum atomic E-state index is -4.42. The van der Waals surface area contributed by atoms with E-state index in [9.17, 15) is 13.2 Å². The second-order valence-corrected chi connectivity index (χ2v) is 7.00. The van der Waals surface area contributed by atoms with Crippen molar-refractivity contribution in [2.45, 2.75) is 38.9 Å². The minimum absolute atomic E-state index is 0.395. The van der Waals surface area contributed by atoms with Crippen LogP contribution in [0, 0.1) is 11.8 Å². The standard InChI is InChI=1S/C16H23F3N4/c1-11(2)3-5-22-8-12-9-23(6-4-13(12)22)15-7-14(16(17,18)19)20-10-21-15/h7,10-13H,3-6,8-9H2,1-2H3/t12-,13-/m0/s1. The Hall–Kier alpha value is -1.37. The topological polar surface area (TPSA) is 32.3 Å². The van der Waals surface area contributed by atoms with Gasteiger partial charge in [-0.3, -0.25) is 4.90 Å². The number of halogens is 3. The van der Waals surface area contributed by atoms with Crippen LogP contribution >= 0.6 is 0 Å². The van der Waals surface area contributed by atoms with Crippen molar-refractivity contribution in [3.8, 4) is 0 Å². The molecular formula is C16H23F3N4. The number of hydrogen-bond donors (Lipinski definition) is 0. The van der Waals surface area contributed by atoms with Gasteiger partial charge in [-0.1, -0.05) is 13.8 Å². The largest absolute Gasteiger partial charge is 0.433 e. The summed E-state index contributed by atoms with van der Waals surface area (Å²) < 4.78 is 38.3. The van der Waals surface area contributed by atoms with Crippen LogP contribution in [0.15, 0.2) is 12.4 Å². The second-order valence-electron chi connectivity index (χ2n) is 7.00. The number of rotatable bonds is 4. The van der Waals surface area contributed by atoms with Gasteiger partial charge in [0.15, 0.2) is 0 Å². The summed E-state index contributed by atoms with van der Waals surface area (Å²) in [5, 5.41) is 0. The molecule has 2 atom stereocenters. The molecule has 128 valence electrons. The molecule has 0 unspecified atom stereocenters. The number of anilines is 1. The molecule has 1 aromatic rings. The van der Waals surface area contributed by atoms with E-state index in [-0.39, 0.29) is 0 Å². The summed E-state index contributed by atoms with van der Waals surface area (Å²) in [7, 11) is 0. The molecule has 3 heterocycles. The fourth-order valence-electron chi connectivity index (χ4n) is 3.54. The van der Waals surface area contributed by atoms with Gasteiger partial charge in [-0.15, -0.1) is 0 Å². The molecule has 0 spiro atoms. The number of piperidine rings is 1. The number of nitrogens with zero attached hydrogens (tertiary/aromatic N) is 4. The fourth-order valence-corrected chi connectivity index (χ4v) is 3.54. The highest BCUT2D eigenvalue weighted by atomic mass is 19.4. The molecule has 0 bridgehead atoms. The summed E-state index contributed by atoms with van der Waals surface area (Å²) in [6, 6.07) is 1.66. The van der Waals surface area contributed by atoms with Crippen LogP contribution < -0.4 is 4.90 Å². The van der Waals surface area contributed by atoms with Gasteiger partial charge in [0.25, 0.3) is 0 Å². The molecule has 0 aromatic carbocycles. The van der Waals surface area contributed by atoms with Gasteiger partial charge in [-0.2, -0.15) is 13.2 Å². The first kappa shape index (κ1) is 16.5. The molecule has 2 fully saturated rings. The van der Waals surface area contributed by atoms with Gasteiger partial charge >= 0.3 is 6.18 Å². The van der Waals surface area contributed by atoms with Crippen molar-refractivity contribution >= 4 is 5.82 Å². The summed E-state index contributed by atoms with van der Waals surface area (Å²) in [5.41, 5.74) is -0.864. The zero-order valence-electron chi connectivity index (χ0n) is 13.6. The van der Waals surface area contributed by atoms with Crippen LogP contribution in [-0.2, 0) is 6.18 Å².